The fourth-order valence-corrected chi connectivity index (χ4v) is 3.48. The van der Waals surface area contributed by atoms with Gasteiger partial charge in [0.15, 0.2) is 15.4 Å². The zero-order valence-electron chi connectivity index (χ0n) is 9.00. The highest BCUT2D eigenvalue weighted by Gasteiger charge is 2.56. The SMILES string of the molecule is O=C(O)C1(OCc2ccccc2)CS(=O)(=O)C1. The summed E-state index contributed by atoms with van der Waals surface area (Å²) in [6.45, 7) is 0.0999. The zero-order chi connectivity index (χ0) is 12.5. The molecule has 0 unspecified atom stereocenters. The van der Waals surface area contributed by atoms with E-state index in [1.54, 1.807) is 12.1 Å². The average Bonchev–Trinajstić information content (AvgIpc) is 2.24. The minimum Gasteiger partial charge on any atom is -0.479 e. The van der Waals surface area contributed by atoms with Crippen LogP contribution in [0.4, 0.5) is 0 Å². The van der Waals surface area contributed by atoms with E-state index in [4.69, 9.17) is 9.84 Å². The monoisotopic (exact) mass is 256 g/mol. The van der Waals surface area contributed by atoms with Gasteiger partial charge in [-0.3, -0.25) is 0 Å². The minimum absolute atomic E-state index is 0.0999. The number of benzene rings is 1. The van der Waals surface area contributed by atoms with Crippen LogP contribution in [0.3, 0.4) is 0 Å². The molecule has 0 radical (unpaired) electrons. The van der Waals surface area contributed by atoms with Gasteiger partial charge in [-0.15, -0.1) is 0 Å². The van der Waals surface area contributed by atoms with Crippen LogP contribution in [0.5, 0.6) is 0 Å². The van der Waals surface area contributed by atoms with Crippen LogP contribution >= 0.6 is 0 Å². The van der Waals surface area contributed by atoms with Crippen molar-refractivity contribution in [2.75, 3.05) is 11.5 Å². The van der Waals surface area contributed by atoms with Gasteiger partial charge < -0.3 is 9.84 Å². The van der Waals surface area contributed by atoms with Crippen LogP contribution in [-0.2, 0) is 26.0 Å². The Hall–Kier alpha value is -1.40. The maximum atomic E-state index is 11.1. The molecule has 1 N–H and O–H groups in total. The molecule has 1 saturated heterocycles. The van der Waals surface area contributed by atoms with Gasteiger partial charge in [-0.05, 0) is 5.56 Å². The second-order valence-electron chi connectivity index (χ2n) is 4.11. The molecule has 1 aromatic rings. The highest BCUT2D eigenvalue weighted by Crippen LogP contribution is 2.29. The van der Waals surface area contributed by atoms with Gasteiger partial charge in [-0.1, -0.05) is 30.3 Å². The van der Waals surface area contributed by atoms with E-state index < -0.39 is 32.9 Å². The minimum atomic E-state index is -3.24. The Balaban J connectivity index is 2.04. The Bertz CT molecular complexity index is 508. The number of hydrogen-bond donors (Lipinski definition) is 1. The van der Waals surface area contributed by atoms with Crippen molar-refractivity contribution in [2.45, 2.75) is 12.2 Å². The lowest BCUT2D eigenvalue weighted by Crippen LogP contribution is -2.61. The van der Waals surface area contributed by atoms with Crippen LogP contribution in [0, 0.1) is 0 Å². The molecule has 0 bridgehead atoms. The summed E-state index contributed by atoms with van der Waals surface area (Å²) >= 11 is 0. The van der Waals surface area contributed by atoms with E-state index in [1.165, 1.54) is 0 Å². The fraction of sp³-hybridized carbons (Fsp3) is 0.364. The number of ether oxygens (including phenoxy) is 1. The Kier molecular flexibility index (Phi) is 2.92. The van der Waals surface area contributed by atoms with Crippen molar-refractivity contribution in [1.82, 2.24) is 0 Å². The first-order valence-corrected chi connectivity index (χ1v) is 6.87. The second kappa shape index (κ2) is 4.12. The molecule has 17 heavy (non-hydrogen) atoms. The lowest BCUT2D eigenvalue weighted by Gasteiger charge is -2.36. The first kappa shape index (κ1) is 12.1. The topological polar surface area (TPSA) is 80.7 Å². The van der Waals surface area contributed by atoms with E-state index in [2.05, 4.69) is 0 Å². The summed E-state index contributed by atoms with van der Waals surface area (Å²) in [6, 6.07) is 9.04. The number of aliphatic carboxylic acids is 1. The second-order valence-corrected chi connectivity index (χ2v) is 6.17. The van der Waals surface area contributed by atoms with Crippen LogP contribution < -0.4 is 0 Å². The number of rotatable bonds is 4. The lowest BCUT2D eigenvalue weighted by atomic mass is 10.1. The number of carbonyl (C=O) groups is 1. The Morgan fingerprint density at radius 1 is 1.29 bits per heavy atom. The molecule has 0 spiro atoms. The molecule has 0 saturated carbocycles. The standard InChI is InChI=1S/C11H12O5S/c12-10(13)11(7-17(14,15)8-11)16-6-9-4-2-1-3-5-9/h1-5H,6-8H2,(H,12,13). The van der Waals surface area contributed by atoms with Crippen LogP contribution in [0.2, 0.25) is 0 Å². The summed E-state index contributed by atoms with van der Waals surface area (Å²) in [5.41, 5.74) is -0.744. The number of carboxylic acid groups (broad SMARTS) is 1. The first-order valence-electron chi connectivity index (χ1n) is 5.05. The molecular weight excluding hydrogens is 244 g/mol. The highest BCUT2D eigenvalue weighted by atomic mass is 32.2. The van der Waals surface area contributed by atoms with Gasteiger partial charge in [0, 0.05) is 0 Å². The average molecular weight is 256 g/mol. The van der Waals surface area contributed by atoms with E-state index >= 15 is 0 Å². The summed E-state index contributed by atoms with van der Waals surface area (Å²) in [5, 5.41) is 9.00. The number of sulfone groups is 1. The van der Waals surface area contributed by atoms with Gasteiger partial charge >= 0.3 is 5.97 Å². The highest BCUT2D eigenvalue weighted by molar-refractivity contribution is 7.93. The summed E-state index contributed by atoms with van der Waals surface area (Å²) in [6.07, 6.45) is 0. The largest absolute Gasteiger partial charge is 0.479 e. The van der Waals surface area contributed by atoms with E-state index in [0.29, 0.717) is 0 Å². The Labute approximate surface area is 98.9 Å². The van der Waals surface area contributed by atoms with Crippen molar-refractivity contribution in [3.63, 3.8) is 0 Å². The number of hydrogen-bond acceptors (Lipinski definition) is 4. The smallest absolute Gasteiger partial charge is 0.338 e. The van der Waals surface area contributed by atoms with Crippen molar-refractivity contribution in [1.29, 1.82) is 0 Å². The van der Waals surface area contributed by atoms with Crippen LogP contribution in [0.15, 0.2) is 30.3 Å². The maximum absolute atomic E-state index is 11.1. The third-order valence-electron chi connectivity index (χ3n) is 2.65. The molecule has 0 atom stereocenters. The third-order valence-corrected chi connectivity index (χ3v) is 4.47. The predicted molar refractivity (Wildman–Crippen MR) is 60.3 cm³/mol. The molecule has 0 aliphatic carbocycles. The summed E-state index contributed by atoms with van der Waals surface area (Å²) in [7, 11) is -3.24. The molecular formula is C11H12O5S. The molecule has 5 nitrogen and oxygen atoms in total. The number of carboxylic acids is 1. The Morgan fingerprint density at radius 3 is 2.35 bits per heavy atom. The Morgan fingerprint density at radius 2 is 1.88 bits per heavy atom. The molecule has 1 aromatic carbocycles. The lowest BCUT2D eigenvalue weighted by molar-refractivity contribution is -0.163. The normalized spacial score (nSPS) is 20.5. The van der Waals surface area contributed by atoms with Crippen LogP contribution in [0.25, 0.3) is 0 Å². The zero-order valence-corrected chi connectivity index (χ0v) is 9.81. The van der Waals surface area contributed by atoms with Gasteiger partial charge in [-0.2, -0.15) is 0 Å². The summed E-state index contributed by atoms with van der Waals surface area (Å²) < 4.78 is 27.4. The molecule has 0 aromatic heterocycles. The molecule has 6 heteroatoms. The van der Waals surface area contributed by atoms with E-state index in [-0.39, 0.29) is 6.61 Å². The van der Waals surface area contributed by atoms with Crippen LogP contribution in [0.1, 0.15) is 5.56 Å². The van der Waals surface area contributed by atoms with Crippen LogP contribution in [-0.4, -0.2) is 36.6 Å². The molecule has 0 amide bonds. The van der Waals surface area contributed by atoms with Gasteiger partial charge in [0.2, 0.25) is 0 Å². The molecule has 1 aliphatic heterocycles. The van der Waals surface area contributed by atoms with E-state index in [9.17, 15) is 13.2 Å². The molecule has 1 fully saturated rings. The molecule has 1 aliphatic rings. The first-order chi connectivity index (χ1) is 7.94. The molecule has 1 heterocycles. The quantitative estimate of drug-likeness (QED) is 0.846. The van der Waals surface area contributed by atoms with Crippen molar-refractivity contribution in [3.05, 3.63) is 35.9 Å². The van der Waals surface area contributed by atoms with Crippen molar-refractivity contribution < 1.29 is 23.1 Å². The van der Waals surface area contributed by atoms with Crippen molar-refractivity contribution in [3.8, 4) is 0 Å². The van der Waals surface area contributed by atoms with Gasteiger partial charge in [0.1, 0.15) is 0 Å². The van der Waals surface area contributed by atoms with Crippen molar-refractivity contribution in [2.24, 2.45) is 0 Å². The van der Waals surface area contributed by atoms with Gasteiger partial charge in [-0.25, -0.2) is 13.2 Å². The van der Waals surface area contributed by atoms with E-state index in [0.717, 1.165) is 5.56 Å². The van der Waals surface area contributed by atoms with E-state index in [1.807, 2.05) is 18.2 Å². The van der Waals surface area contributed by atoms with Gasteiger partial charge in [0.05, 0.1) is 18.1 Å². The summed E-state index contributed by atoms with van der Waals surface area (Å²) in [4.78, 5) is 11.0. The fourth-order valence-electron chi connectivity index (χ4n) is 1.73. The summed E-state index contributed by atoms with van der Waals surface area (Å²) in [5.74, 6) is -2.10. The predicted octanol–water partition coefficient (Wildman–Crippen LogP) is 0.455. The molecule has 92 valence electrons. The third kappa shape index (κ3) is 2.48. The van der Waals surface area contributed by atoms with Gasteiger partial charge in [0.25, 0.3) is 0 Å². The maximum Gasteiger partial charge on any atom is 0.338 e. The van der Waals surface area contributed by atoms with Crippen molar-refractivity contribution >= 4 is 15.8 Å². The molecule has 2 rings (SSSR count).